The van der Waals surface area contributed by atoms with Crippen molar-refractivity contribution in [3.05, 3.63) is 24.2 Å². The molecular weight excluding hydrogens is 258 g/mol. The van der Waals surface area contributed by atoms with Crippen LogP contribution in [0, 0.1) is 5.41 Å². The summed E-state index contributed by atoms with van der Waals surface area (Å²) in [6, 6.07) is 3.24. The first kappa shape index (κ1) is 14.6. The van der Waals surface area contributed by atoms with Crippen LogP contribution >= 0.6 is 0 Å². The smallest absolute Gasteiger partial charge is 0.286 e. The molecule has 1 aromatic heterocycles. The van der Waals surface area contributed by atoms with Crippen LogP contribution in [0.25, 0.3) is 0 Å². The van der Waals surface area contributed by atoms with Crippen LogP contribution in [0.1, 0.15) is 30.3 Å². The summed E-state index contributed by atoms with van der Waals surface area (Å²) in [7, 11) is 0. The average Bonchev–Trinajstić information content (AvgIpc) is 3.08. The number of amides is 2. The van der Waals surface area contributed by atoms with E-state index in [4.69, 9.17) is 10.2 Å². The van der Waals surface area contributed by atoms with Crippen LogP contribution in [0.3, 0.4) is 0 Å². The summed E-state index contributed by atoms with van der Waals surface area (Å²) < 4.78 is 4.97. The number of carbonyl (C=O) groups is 2. The molecule has 1 unspecified atom stereocenters. The van der Waals surface area contributed by atoms with E-state index in [1.54, 1.807) is 12.1 Å². The predicted octanol–water partition coefficient (Wildman–Crippen LogP) is 0.597. The summed E-state index contributed by atoms with van der Waals surface area (Å²) in [6.07, 6.45) is 2.68. The number of hydrogen-bond acceptors (Lipinski definition) is 4. The van der Waals surface area contributed by atoms with Gasteiger partial charge in [-0.25, -0.2) is 0 Å². The minimum atomic E-state index is -0.295. The quantitative estimate of drug-likeness (QED) is 0.826. The lowest BCUT2D eigenvalue weighted by Gasteiger charge is -2.22. The van der Waals surface area contributed by atoms with Gasteiger partial charge in [0.15, 0.2) is 5.76 Å². The van der Waals surface area contributed by atoms with Gasteiger partial charge in [0.25, 0.3) is 5.91 Å². The molecule has 1 aromatic rings. The molecule has 20 heavy (non-hydrogen) atoms. The Morgan fingerprint density at radius 2 is 2.35 bits per heavy atom. The number of carbonyl (C=O) groups excluding carboxylic acids is 2. The van der Waals surface area contributed by atoms with E-state index in [1.807, 2.05) is 4.90 Å². The summed E-state index contributed by atoms with van der Waals surface area (Å²) >= 11 is 0. The Kier molecular flexibility index (Phi) is 4.44. The summed E-state index contributed by atoms with van der Waals surface area (Å²) in [5.41, 5.74) is 5.75. The van der Waals surface area contributed by atoms with Crippen LogP contribution in [0.4, 0.5) is 0 Å². The summed E-state index contributed by atoms with van der Waals surface area (Å²) in [5, 5.41) is 2.67. The van der Waals surface area contributed by atoms with E-state index in [0.717, 1.165) is 13.0 Å². The van der Waals surface area contributed by atoms with Gasteiger partial charge >= 0.3 is 0 Å². The molecule has 6 heteroatoms. The Bertz CT molecular complexity index is 472. The highest BCUT2D eigenvalue weighted by Crippen LogP contribution is 2.28. The number of hydrogen-bond donors (Lipinski definition) is 2. The molecule has 1 atom stereocenters. The summed E-state index contributed by atoms with van der Waals surface area (Å²) in [6.45, 7) is 4.45. The number of nitrogens with one attached hydrogen (secondary N) is 1. The second kappa shape index (κ2) is 6.09. The van der Waals surface area contributed by atoms with Gasteiger partial charge in [-0.3, -0.25) is 9.59 Å². The lowest BCUT2D eigenvalue weighted by Crippen LogP contribution is -2.36. The fraction of sp³-hybridized carbons (Fsp3) is 0.571. The van der Waals surface area contributed by atoms with Crippen molar-refractivity contribution in [3.8, 4) is 0 Å². The van der Waals surface area contributed by atoms with Crippen LogP contribution in [-0.4, -0.2) is 42.9 Å². The van der Waals surface area contributed by atoms with Crippen molar-refractivity contribution < 1.29 is 14.0 Å². The van der Waals surface area contributed by atoms with Gasteiger partial charge in [-0.1, -0.05) is 6.92 Å². The van der Waals surface area contributed by atoms with Gasteiger partial charge in [0, 0.05) is 26.1 Å². The Morgan fingerprint density at radius 1 is 1.55 bits per heavy atom. The van der Waals surface area contributed by atoms with Crippen molar-refractivity contribution in [2.75, 3.05) is 26.2 Å². The van der Waals surface area contributed by atoms with Gasteiger partial charge < -0.3 is 20.4 Å². The number of rotatable bonds is 5. The SMILES string of the molecule is CC1(CN)CCN(C(=O)CCNC(=O)c2ccco2)C1. The molecule has 0 saturated carbocycles. The van der Waals surface area contributed by atoms with E-state index in [1.165, 1.54) is 6.26 Å². The fourth-order valence-electron chi connectivity index (χ4n) is 2.34. The third kappa shape index (κ3) is 3.39. The zero-order valence-electron chi connectivity index (χ0n) is 11.7. The topological polar surface area (TPSA) is 88.6 Å². The summed E-state index contributed by atoms with van der Waals surface area (Å²) in [5.74, 6) is 0.0206. The normalized spacial score (nSPS) is 22.0. The monoisotopic (exact) mass is 279 g/mol. The summed E-state index contributed by atoms with van der Waals surface area (Å²) in [4.78, 5) is 25.5. The molecule has 2 amide bonds. The number of nitrogens with zero attached hydrogens (tertiary/aromatic N) is 1. The van der Waals surface area contributed by atoms with E-state index < -0.39 is 0 Å². The van der Waals surface area contributed by atoms with Gasteiger partial charge in [0.1, 0.15) is 0 Å². The van der Waals surface area contributed by atoms with Crippen LogP contribution in [0.2, 0.25) is 0 Å². The Labute approximate surface area is 118 Å². The molecule has 1 fully saturated rings. The van der Waals surface area contributed by atoms with Crippen LogP contribution < -0.4 is 11.1 Å². The van der Waals surface area contributed by atoms with E-state index in [0.29, 0.717) is 26.1 Å². The molecule has 2 heterocycles. The molecule has 1 aliphatic rings. The van der Waals surface area contributed by atoms with Crippen LogP contribution in [0.5, 0.6) is 0 Å². The Balaban J connectivity index is 1.72. The van der Waals surface area contributed by atoms with Crippen molar-refractivity contribution in [3.63, 3.8) is 0 Å². The average molecular weight is 279 g/mol. The zero-order valence-corrected chi connectivity index (χ0v) is 11.7. The first-order chi connectivity index (χ1) is 9.54. The van der Waals surface area contributed by atoms with Gasteiger partial charge in [0.2, 0.25) is 5.91 Å². The maximum Gasteiger partial charge on any atom is 0.286 e. The Morgan fingerprint density at radius 3 is 2.95 bits per heavy atom. The highest BCUT2D eigenvalue weighted by molar-refractivity contribution is 5.91. The maximum absolute atomic E-state index is 12.0. The molecule has 0 bridgehead atoms. The van der Waals surface area contributed by atoms with E-state index in [2.05, 4.69) is 12.2 Å². The van der Waals surface area contributed by atoms with Gasteiger partial charge in [-0.15, -0.1) is 0 Å². The number of likely N-dealkylation sites (tertiary alicyclic amines) is 1. The van der Waals surface area contributed by atoms with Crippen molar-refractivity contribution in [2.45, 2.75) is 19.8 Å². The van der Waals surface area contributed by atoms with Gasteiger partial charge in [0.05, 0.1) is 6.26 Å². The number of nitrogens with two attached hydrogens (primary N) is 1. The number of furan rings is 1. The van der Waals surface area contributed by atoms with Crippen molar-refractivity contribution in [2.24, 2.45) is 11.1 Å². The second-order valence-corrected chi connectivity index (χ2v) is 5.56. The fourth-order valence-corrected chi connectivity index (χ4v) is 2.34. The molecule has 3 N–H and O–H groups in total. The lowest BCUT2D eigenvalue weighted by molar-refractivity contribution is -0.130. The highest BCUT2D eigenvalue weighted by atomic mass is 16.3. The van der Waals surface area contributed by atoms with Crippen molar-refractivity contribution in [1.29, 1.82) is 0 Å². The largest absolute Gasteiger partial charge is 0.459 e. The highest BCUT2D eigenvalue weighted by Gasteiger charge is 2.34. The first-order valence-electron chi connectivity index (χ1n) is 6.84. The molecule has 1 aliphatic heterocycles. The second-order valence-electron chi connectivity index (χ2n) is 5.56. The van der Waals surface area contributed by atoms with Gasteiger partial charge in [-0.05, 0) is 30.5 Å². The lowest BCUT2D eigenvalue weighted by atomic mass is 9.90. The molecular formula is C14H21N3O3. The van der Waals surface area contributed by atoms with Crippen molar-refractivity contribution >= 4 is 11.8 Å². The molecule has 1 saturated heterocycles. The predicted molar refractivity (Wildman–Crippen MR) is 74.0 cm³/mol. The molecule has 6 nitrogen and oxygen atoms in total. The molecule has 110 valence electrons. The first-order valence-corrected chi connectivity index (χ1v) is 6.84. The zero-order chi connectivity index (χ0) is 14.6. The van der Waals surface area contributed by atoms with E-state index in [-0.39, 0.29) is 23.0 Å². The van der Waals surface area contributed by atoms with Crippen molar-refractivity contribution in [1.82, 2.24) is 10.2 Å². The molecule has 0 aliphatic carbocycles. The third-order valence-electron chi connectivity index (χ3n) is 3.77. The van der Waals surface area contributed by atoms with Crippen LogP contribution in [0.15, 0.2) is 22.8 Å². The van der Waals surface area contributed by atoms with Gasteiger partial charge in [-0.2, -0.15) is 0 Å². The van der Waals surface area contributed by atoms with E-state index >= 15 is 0 Å². The van der Waals surface area contributed by atoms with E-state index in [9.17, 15) is 9.59 Å². The molecule has 2 rings (SSSR count). The van der Waals surface area contributed by atoms with Crippen LogP contribution in [-0.2, 0) is 4.79 Å². The molecule has 0 aromatic carbocycles. The Hall–Kier alpha value is -1.82. The third-order valence-corrected chi connectivity index (χ3v) is 3.77. The standard InChI is InChI=1S/C14H21N3O3/c1-14(9-15)5-7-17(10-14)12(18)4-6-16-13(19)11-3-2-8-20-11/h2-3,8H,4-7,9-10,15H2,1H3,(H,16,19). The molecule has 0 radical (unpaired) electrons. The minimum absolute atomic E-state index is 0.0348. The molecule has 0 spiro atoms. The minimum Gasteiger partial charge on any atom is -0.459 e. The maximum atomic E-state index is 12.0.